The van der Waals surface area contributed by atoms with Crippen LogP contribution in [0.25, 0.3) is 0 Å². The molecule has 1 heteroatoms. The minimum atomic E-state index is 0. The van der Waals surface area contributed by atoms with Gasteiger partial charge in [0.25, 0.3) is 0 Å². The first kappa shape index (κ1) is 10.9. The summed E-state index contributed by atoms with van der Waals surface area (Å²) in [5.74, 6) is 0.823. The second-order valence-electron chi connectivity index (χ2n) is 2.32. The van der Waals surface area contributed by atoms with Gasteiger partial charge in [-0.2, -0.15) is 0 Å². The van der Waals surface area contributed by atoms with Crippen molar-refractivity contribution in [2.45, 2.75) is 34.1 Å². The quantitative estimate of drug-likeness (QED) is 0.601. The molecule has 0 fully saturated rings. The zero-order chi connectivity index (χ0) is 5.70. The summed E-state index contributed by atoms with van der Waals surface area (Å²) in [6.07, 6.45) is 2.45. The third kappa shape index (κ3) is 9.35. The van der Waals surface area contributed by atoms with Crippen LogP contribution in [0.1, 0.15) is 34.1 Å². The minimum absolute atomic E-state index is 0. The molecule has 0 saturated heterocycles. The molecule has 0 atom stereocenters. The lowest BCUT2D eigenvalue weighted by Crippen LogP contribution is -1.99. The lowest BCUT2D eigenvalue weighted by atomic mass is 10.1. The summed E-state index contributed by atoms with van der Waals surface area (Å²) in [5, 5.41) is 0. The van der Waals surface area contributed by atoms with Crippen molar-refractivity contribution in [1.29, 1.82) is 0 Å². The van der Waals surface area contributed by atoms with Gasteiger partial charge in [-0.1, -0.05) is 21.3 Å². The Labute approximate surface area is 53.3 Å². The maximum absolute atomic E-state index is 5.28. The van der Waals surface area contributed by atoms with Crippen molar-refractivity contribution in [2.24, 2.45) is 11.7 Å². The summed E-state index contributed by atoms with van der Waals surface area (Å²) in [7, 11) is 0. The molecule has 0 aromatic carbocycles. The molecule has 0 saturated carbocycles. The SMILES string of the molecule is C.CC(C)CCCN. The minimum Gasteiger partial charge on any atom is -0.330 e. The molecule has 0 aromatic heterocycles. The van der Waals surface area contributed by atoms with Gasteiger partial charge in [-0.3, -0.25) is 0 Å². The van der Waals surface area contributed by atoms with E-state index in [-0.39, 0.29) is 7.43 Å². The first-order valence-corrected chi connectivity index (χ1v) is 2.97. The van der Waals surface area contributed by atoms with Crippen LogP contribution in [0.15, 0.2) is 0 Å². The van der Waals surface area contributed by atoms with Crippen LogP contribution in [0.3, 0.4) is 0 Å². The fourth-order valence-corrected chi connectivity index (χ4v) is 0.526. The maximum Gasteiger partial charge on any atom is -0.00772 e. The Morgan fingerprint density at radius 2 is 1.88 bits per heavy atom. The van der Waals surface area contributed by atoms with Crippen LogP contribution in [0.4, 0.5) is 0 Å². The van der Waals surface area contributed by atoms with Crippen LogP contribution >= 0.6 is 0 Å². The molecule has 0 unspecified atom stereocenters. The van der Waals surface area contributed by atoms with E-state index >= 15 is 0 Å². The number of rotatable bonds is 3. The van der Waals surface area contributed by atoms with Crippen molar-refractivity contribution in [3.05, 3.63) is 0 Å². The van der Waals surface area contributed by atoms with Crippen molar-refractivity contribution in [2.75, 3.05) is 6.54 Å². The molecule has 0 amide bonds. The average molecular weight is 117 g/mol. The van der Waals surface area contributed by atoms with Crippen molar-refractivity contribution in [3.63, 3.8) is 0 Å². The predicted octanol–water partition coefficient (Wildman–Crippen LogP) is 2.02. The third-order valence-electron chi connectivity index (χ3n) is 0.986. The Balaban J connectivity index is 0. The molecular formula is C7H19N. The monoisotopic (exact) mass is 117 g/mol. The summed E-state index contributed by atoms with van der Waals surface area (Å²) < 4.78 is 0. The predicted molar refractivity (Wildman–Crippen MR) is 39.9 cm³/mol. The molecule has 8 heavy (non-hydrogen) atoms. The van der Waals surface area contributed by atoms with Crippen LogP contribution in [0, 0.1) is 5.92 Å². The van der Waals surface area contributed by atoms with Gasteiger partial charge in [0.1, 0.15) is 0 Å². The summed E-state index contributed by atoms with van der Waals surface area (Å²) in [4.78, 5) is 0. The number of hydrogen-bond donors (Lipinski definition) is 1. The molecule has 0 aliphatic heterocycles. The largest absolute Gasteiger partial charge is 0.330 e. The van der Waals surface area contributed by atoms with Crippen LogP contribution in [0.2, 0.25) is 0 Å². The van der Waals surface area contributed by atoms with Crippen molar-refractivity contribution in [3.8, 4) is 0 Å². The molecule has 0 heterocycles. The van der Waals surface area contributed by atoms with Gasteiger partial charge in [-0.25, -0.2) is 0 Å². The molecule has 2 N–H and O–H groups in total. The van der Waals surface area contributed by atoms with E-state index in [1.54, 1.807) is 0 Å². The fourth-order valence-electron chi connectivity index (χ4n) is 0.526. The van der Waals surface area contributed by atoms with Gasteiger partial charge >= 0.3 is 0 Å². The highest BCUT2D eigenvalue weighted by Gasteiger charge is 1.88. The van der Waals surface area contributed by atoms with Crippen molar-refractivity contribution < 1.29 is 0 Å². The highest BCUT2D eigenvalue weighted by Crippen LogP contribution is 2.00. The van der Waals surface area contributed by atoms with Crippen molar-refractivity contribution >= 4 is 0 Å². The van der Waals surface area contributed by atoms with Gasteiger partial charge in [-0.05, 0) is 25.3 Å². The first-order chi connectivity index (χ1) is 3.27. The summed E-state index contributed by atoms with van der Waals surface area (Å²) in [6, 6.07) is 0. The van der Waals surface area contributed by atoms with Crippen LogP contribution < -0.4 is 5.73 Å². The molecule has 0 bridgehead atoms. The van der Waals surface area contributed by atoms with Crippen LogP contribution in [-0.4, -0.2) is 6.54 Å². The zero-order valence-corrected chi connectivity index (χ0v) is 5.28. The second kappa shape index (κ2) is 6.96. The second-order valence-corrected chi connectivity index (χ2v) is 2.32. The van der Waals surface area contributed by atoms with Gasteiger partial charge in [-0.15, -0.1) is 0 Å². The maximum atomic E-state index is 5.28. The Morgan fingerprint density at radius 3 is 2.00 bits per heavy atom. The number of nitrogens with two attached hydrogens (primary N) is 1. The van der Waals surface area contributed by atoms with E-state index in [1.807, 2.05) is 0 Å². The van der Waals surface area contributed by atoms with E-state index in [0.717, 1.165) is 12.5 Å². The zero-order valence-electron chi connectivity index (χ0n) is 5.28. The summed E-state index contributed by atoms with van der Waals surface area (Å²) in [5.41, 5.74) is 5.28. The Morgan fingerprint density at radius 1 is 1.38 bits per heavy atom. The Hall–Kier alpha value is -0.0400. The molecule has 0 aromatic rings. The third-order valence-corrected chi connectivity index (χ3v) is 0.986. The molecule has 1 nitrogen and oxygen atoms in total. The Bertz CT molecular complexity index is 33.4. The topological polar surface area (TPSA) is 26.0 Å². The summed E-state index contributed by atoms with van der Waals surface area (Å²) in [6.45, 7) is 5.28. The van der Waals surface area contributed by atoms with Crippen molar-refractivity contribution in [1.82, 2.24) is 0 Å². The summed E-state index contributed by atoms with van der Waals surface area (Å²) >= 11 is 0. The smallest absolute Gasteiger partial charge is 0.00772 e. The molecule has 0 aliphatic rings. The van der Waals surface area contributed by atoms with E-state index in [4.69, 9.17) is 5.73 Å². The lowest BCUT2D eigenvalue weighted by molar-refractivity contribution is 0.561. The molecular weight excluding hydrogens is 98.1 g/mol. The fraction of sp³-hybridized carbons (Fsp3) is 1.00. The molecule has 0 rings (SSSR count). The Kier molecular flexibility index (Phi) is 9.44. The average Bonchev–Trinajstić information content (AvgIpc) is 1.61. The molecule has 0 spiro atoms. The molecule has 0 radical (unpaired) electrons. The molecule has 0 aliphatic carbocycles. The molecule has 52 valence electrons. The first-order valence-electron chi connectivity index (χ1n) is 2.97. The lowest BCUT2D eigenvalue weighted by Gasteiger charge is -1.98. The van der Waals surface area contributed by atoms with Crippen LogP contribution in [0.5, 0.6) is 0 Å². The van der Waals surface area contributed by atoms with Crippen LogP contribution in [-0.2, 0) is 0 Å². The number of hydrogen-bond acceptors (Lipinski definition) is 1. The van der Waals surface area contributed by atoms with Gasteiger partial charge in [0.2, 0.25) is 0 Å². The van der Waals surface area contributed by atoms with Gasteiger partial charge in [0.15, 0.2) is 0 Å². The normalized spacial score (nSPS) is 9.00. The van der Waals surface area contributed by atoms with Gasteiger partial charge in [0.05, 0.1) is 0 Å². The van der Waals surface area contributed by atoms with Gasteiger partial charge < -0.3 is 5.73 Å². The van der Waals surface area contributed by atoms with E-state index < -0.39 is 0 Å². The standard InChI is InChI=1S/C6H15N.CH4/c1-6(2)4-3-5-7;/h6H,3-5,7H2,1-2H3;1H4. The van der Waals surface area contributed by atoms with E-state index in [1.165, 1.54) is 12.8 Å². The van der Waals surface area contributed by atoms with E-state index in [9.17, 15) is 0 Å². The highest BCUT2D eigenvalue weighted by molar-refractivity contribution is 4.44. The van der Waals surface area contributed by atoms with Gasteiger partial charge in [0, 0.05) is 0 Å². The van der Waals surface area contributed by atoms with E-state index in [2.05, 4.69) is 13.8 Å². The highest BCUT2D eigenvalue weighted by atomic mass is 14.5. The van der Waals surface area contributed by atoms with E-state index in [0.29, 0.717) is 0 Å².